The van der Waals surface area contributed by atoms with Crippen molar-refractivity contribution in [3.8, 4) is 5.75 Å². The Kier molecular flexibility index (Phi) is 6.71. The summed E-state index contributed by atoms with van der Waals surface area (Å²) in [6.45, 7) is 7.95. The lowest BCUT2D eigenvalue weighted by molar-refractivity contribution is -0.954. The van der Waals surface area contributed by atoms with E-state index in [4.69, 9.17) is 4.74 Å². The molecule has 0 unspecified atom stereocenters. The number of likely N-dealkylation sites (tertiary alicyclic amines) is 1. The van der Waals surface area contributed by atoms with Crippen LogP contribution < -0.4 is 9.64 Å². The molecule has 0 aliphatic carbocycles. The van der Waals surface area contributed by atoms with E-state index in [2.05, 4.69) is 32.9 Å². The molecule has 1 aliphatic rings. The molecule has 0 amide bonds. The van der Waals surface area contributed by atoms with Gasteiger partial charge in [-0.3, -0.25) is 0 Å². The Morgan fingerprint density at radius 3 is 2.41 bits per heavy atom. The maximum absolute atomic E-state index is 10.3. The second-order valence-electron chi connectivity index (χ2n) is 6.87. The number of ether oxygens (including phenoxy) is 1. The Morgan fingerprint density at radius 2 is 1.82 bits per heavy atom. The maximum Gasteiger partial charge on any atom is 0.137 e. The van der Waals surface area contributed by atoms with Crippen LogP contribution in [0.15, 0.2) is 24.3 Å². The number of aliphatic hydroxyl groups is 1. The molecule has 1 heterocycles. The molecule has 2 N–H and O–H groups in total. The number of quaternary nitrogens is 1. The molecule has 1 aliphatic heterocycles. The Morgan fingerprint density at radius 1 is 1.18 bits per heavy atom. The molecular weight excluding hydrogens is 274 g/mol. The van der Waals surface area contributed by atoms with Gasteiger partial charge in [-0.05, 0) is 57.2 Å². The average molecular weight is 306 g/mol. The minimum Gasteiger partial charge on any atom is -0.491 e. The summed E-state index contributed by atoms with van der Waals surface area (Å²) in [4.78, 5) is 1.53. The molecule has 3 atom stereocenters. The molecule has 3 nitrogen and oxygen atoms in total. The van der Waals surface area contributed by atoms with E-state index < -0.39 is 6.10 Å². The number of aryl methyl sites for hydroxylation is 1. The predicted octanol–water partition coefficient (Wildman–Crippen LogP) is 2.22. The number of hydrogen-bond donors (Lipinski definition) is 2. The molecular formula is C19H32NO2+. The zero-order valence-corrected chi connectivity index (χ0v) is 14.3. The fourth-order valence-electron chi connectivity index (χ4n) is 3.55. The maximum atomic E-state index is 10.3. The van der Waals surface area contributed by atoms with Gasteiger partial charge in [-0.2, -0.15) is 0 Å². The summed E-state index contributed by atoms with van der Waals surface area (Å²) in [5.41, 5.74) is 1.34. The summed E-state index contributed by atoms with van der Waals surface area (Å²) in [6.07, 6.45) is 5.74. The largest absolute Gasteiger partial charge is 0.491 e. The first-order valence-corrected chi connectivity index (χ1v) is 8.85. The fourth-order valence-corrected chi connectivity index (χ4v) is 3.55. The molecule has 22 heavy (non-hydrogen) atoms. The molecule has 2 rings (SSSR count). The summed E-state index contributed by atoms with van der Waals surface area (Å²) in [7, 11) is 0. The quantitative estimate of drug-likeness (QED) is 0.810. The van der Waals surface area contributed by atoms with E-state index >= 15 is 0 Å². The van der Waals surface area contributed by atoms with Crippen molar-refractivity contribution in [3.05, 3.63) is 29.8 Å². The van der Waals surface area contributed by atoms with Crippen molar-refractivity contribution >= 4 is 0 Å². The van der Waals surface area contributed by atoms with Gasteiger partial charge in [-0.15, -0.1) is 0 Å². The van der Waals surface area contributed by atoms with Crippen LogP contribution in [0, 0.1) is 0 Å². The SMILES string of the molecule is CCCc1ccc(OC[C@H](O)C[NH+]2[C@@H](C)CCC[C@@H]2C)cc1. The van der Waals surface area contributed by atoms with Gasteiger partial charge in [0, 0.05) is 0 Å². The number of hydrogen-bond acceptors (Lipinski definition) is 2. The monoisotopic (exact) mass is 306 g/mol. The predicted molar refractivity (Wildman–Crippen MR) is 90.5 cm³/mol. The molecule has 0 saturated carbocycles. The first kappa shape index (κ1) is 17.3. The van der Waals surface area contributed by atoms with E-state index in [0.717, 1.165) is 25.1 Å². The fraction of sp³-hybridized carbons (Fsp3) is 0.684. The molecule has 0 aromatic heterocycles. The summed E-state index contributed by atoms with van der Waals surface area (Å²) in [5, 5.41) is 10.3. The third-order valence-electron chi connectivity index (χ3n) is 4.92. The molecule has 3 heteroatoms. The standard InChI is InChI=1S/C19H31NO2/c1-4-6-17-9-11-19(12-10-17)22-14-18(21)13-20-15(2)7-5-8-16(20)3/h9-12,15-16,18,21H,4-8,13-14H2,1-3H3/p+1/t15-,16-,18+/m0/s1. The third kappa shape index (κ3) is 4.99. The number of nitrogens with one attached hydrogen (secondary N) is 1. The third-order valence-corrected chi connectivity index (χ3v) is 4.92. The van der Waals surface area contributed by atoms with Crippen molar-refractivity contribution in [2.45, 2.75) is 71.1 Å². The lowest BCUT2D eigenvalue weighted by atomic mass is 9.97. The number of piperidine rings is 1. The lowest BCUT2D eigenvalue weighted by Gasteiger charge is -2.36. The van der Waals surface area contributed by atoms with Crippen molar-refractivity contribution in [1.82, 2.24) is 0 Å². The molecule has 124 valence electrons. The Balaban J connectivity index is 1.78. The van der Waals surface area contributed by atoms with Crippen molar-refractivity contribution in [2.24, 2.45) is 0 Å². The molecule has 0 spiro atoms. The summed E-state index contributed by atoms with van der Waals surface area (Å²) < 4.78 is 5.75. The van der Waals surface area contributed by atoms with Gasteiger partial charge in [0.25, 0.3) is 0 Å². The number of benzene rings is 1. The van der Waals surface area contributed by atoms with Gasteiger partial charge in [-0.25, -0.2) is 0 Å². The Bertz CT molecular complexity index is 422. The van der Waals surface area contributed by atoms with Gasteiger partial charge in [0.1, 0.15) is 25.0 Å². The minimum absolute atomic E-state index is 0.385. The highest BCUT2D eigenvalue weighted by atomic mass is 16.5. The van der Waals surface area contributed by atoms with Gasteiger partial charge in [0.15, 0.2) is 0 Å². The Hall–Kier alpha value is -1.06. The lowest BCUT2D eigenvalue weighted by Crippen LogP contribution is -3.20. The second-order valence-corrected chi connectivity index (χ2v) is 6.87. The number of aliphatic hydroxyl groups excluding tert-OH is 1. The zero-order valence-electron chi connectivity index (χ0n) is 14.3. The Labute approximate surface area is 135 Å². The van der Waals surface area contributed by atoms with Crippen LogP contribution in [0.2, 0.25) is 0 Å². The summed E-state index contributed by atoms with van der Waals surface area (Å²) in [5.74, 6) is 0.855. The van der Waals surface area contributed by atoms with Crippen LogP contribution in [-0.2, 0) is 6.42 Å². The van der Waals surface area contributed by atoms with E-state index in [1.807, 2.05) is 12.1 Å². The molecule has 1 saturated heterocycles. The molecule has 1 aromatic rings. The summed E-state index contributed by atoms with van der Waals surface area (Å²) >= 11 is 0. The van der Waals surface area contributed by atoms with Crippen LogP contribution >= 0.6 is 0 Å². The highest BCUT2D eigenvalue weighted by Gasteiger charge is 2.30. The zero-order chi connectivity index (χ0) is 15.9. The highest BCUT2D eigenvalue weighted by molar-refractivity contribution is 5.27. The second kappa shape index (κ2) is 8.54. The first-order chi connectivity index (χ1) is 10.6. The van der Waals surface area contributed by atoms with Crippen molar-refractivity contribution in [1.29, 1.82) is 0 Å². The van der Waals surface area contributed by atoms with Crippen LogP contribution in [0.3, 0.4) is 0 Å². The van der Waals surface area contributed by atoms with Gasteiger partial charge in [-0.1, -0.05) is 25.5 Å². The van der Waals surface area contributed by atoms with E-state index in [9.17, 15) is 5.11 Å². The van der Waals surface area contributed by atoms with Crippen LogP contribution in [0.1, 0.15) is 52.0 Å². The van der Waals surface area contributed by atoms with Gasteiger partial charge in [0.05, 0.1) is 12.1 Å². The molecule has 0 radical (unpaired) electrons. The van der Waals surface area contributed by atoms with Crippen molar-refractivity contribution < 1.29 is 14.7 Å². The van der Waals surface area contributed by atoms with Gasteiger partial charge in [0.2, 0.25) is 0 Å². The van der Waals surface area contributed by atoms with E-state index in [1.54, 1.807) is 0 Å². The van der Waals surface area contributed by atoms with Crippen LogP contribution in [0.5, 0.6) is 5.75 Å². The van der Waals surface area contributed by atoms with Crippen LogP contribution in [-0.4, -0.2) is 36.4 Å². The molecule has 1 aromatic carbocycles. The van der Waals surface area contributed by atoms with Crippen LogP contribution in [0.25, 0.3) is 0 Å². The topological polar surface area (TPSA) is 33.9 Å². The number of rotatable bonds is 7. The molecule has 1 fully saturated rings. The van der Waals surface area contributed by atoms with Gasteiger partial charge >= 0.3 is 0 Å². The average Bonchev–Trinajstić information content (AvgIpc) is 2.51. The summed E-state index contributed by atoms with van der Waals surface area (Å²) in [6, 6.07) is 9.54. The smallest absolute Gasteiger partial charge is 0.137 e. The molecule has 0 bridgehead atoms. The van der Waals surface area contributed by atoms with Crippen LogP contribution in [0.4, 0.5) is 0 Å². The van der Waals surface area contributed by atoms with E-state index in [-0.39, 0.29) is 0 Å². The minimum atomic E-state index is -0.395. The highest BCUT2D eigenvalue weighted by Crippen LogP contribution is 2.13. The first-order valence-electron chi connectivity index (χ1n) is 8.85. The van der Waals surface area contributed by atoms with Gasteiger partial charge < -0.3 is 14.7 Å². The van der Waals surface area contributed by atoms with E-state index in [1.165, 1.54) is 29.7 Å². The van der Waals surface area contributed by atoms with Crippen molar-refractivity contribution in [2.75, 3.05) is 13.2 Å². The van der Waals surface area contributed by atoms with E-state index in [0.29, 0.717) is 18.7 Å². The van der Waals surface area contributed by atoms with Crippen molar-refractivity contribution in [3.63, 3.8) is 0 Å². The normalized spacial score (nSPS) is 24.2.